The third-order valence-corrected chi connectivity index (χ3v) is 4.43. The smallest absolute Gasteiger partial charge is 0.488 e. The van der Waals surface area contributed by atoms with E-state index in [9.17, 15) is 10.0 Å². The van der Waals surface area contributed by atoms with Crippen LogP contribution in [0.3, 0.4) is 0 Å². The van der Waals surface area contributed by atoms with Crippen LogP contribution in [0.1, 0.15) is 38.2 Å². The van der Waals surface area contributed by atoms with Gasteiger partial charge < -0.3 is 14.8 Å². The number of ether oxygens (including phenoxy) is 1. The summed E-state index contributed by atoms with van der Waals surface area (Å²) in [6.45, 7) is 5.17. The number of hydrogen-bond donors (Lipinski definition) is 2. The molecule has 0 spiro atoms. The fourth-order valence-electron chi connectivity index (χ4n) is 3.18. The number of likely N-dealkylation sites (tertiary alicyclic amines) is 1. The van der Waals surface area contributed by atoms with Crippen LogP contribution < -0.4 is 10.2 Å². The number of nitrogens with zero attached hydrogens (tertiary/aromatic N) is 1. The molecule has 1 aliphatic heterocycles. The normalized spacial score (nSPS) is 17.0. The summed E-state index contributed by atoms with van der Waals surface area (Å²) < 4.78 is 5.25. The first-order chi connectivity index (χ1) is 10.1. The third-order valence-electron chi connectivity index (χ3n) is 4.43. The maximum Gasteiger partial charge on any atom is 0.488 e. The Bertz CT molecular complexity index is 445. The molecule has 4 nitrogen and oxygen atoms in total. The Balaban J connectivity index is 2.02. The van der Waals surface area contributed by atoms with Crippen molar-refractivity contribution >= 4 is 12.6 Å². The molecule has 0 bridgehead atoms. The molecule has 0 saturated carbocycles. The van der Waals surface area contributed by atoms with E-state index in [2.05, 4.69) is 11.8 Å². The topological polar surface area (TPSA) is 52.9 Å². The van der Waals surface area contributed by atoms with Crippen molar-refractivity contribution in [3.8, 4) is 5.75 Å². The van der Waals surface area contributed by atoms with Crippen LogP contribution in [0.4, 0.5) is 0 Å². The first kappa shape index (κ1) is 16.3. The average Bonchev–Trinajstić information content (AvgIpc) is 2.49. The summed E-state index contributed by atoms with van der Waals surface area (Å²) in [5, 5.41) is 19.0. The van der Waals surface area contributed by atoms with Gasteiger partial charge in [0, 0.05) is 6.54 Å². The van der Waals surface area contributed by atoms with Gasteiger partial charge in [-0.25, -0.2) is 0 Å². The first-order valence-corrected chi connectivity index (χ1v) is 7.89. The highest BCUT2D eigenvalue weighted by atomic mass is 16.5. The highest BCUT2D eigenvalue weighted by Gasteiger charge is 2.22. The van der Waals surface area contributed by atoms with Crippen molar-refractivity contribution in [2.75, 3.05) is 20.2 Å². The number of piperidine rings is 1. The lowest BCUT2D eigenvalue weighted by molar-refractivity contribution is 0.172. The molecule has 5 heteroatoms. The standard InChI is InChI=1S/C16H26BNO3/c1-3-4-13-7-9-18(10-8-13)12-14-11-15(21-2)5-6-16(14)17(19)20/h5-6,11,13,19-20H,3-4,7-10,12H2,1-2H3. The van der Waals surface area contributed by atoms with Gasteiger partial charge in [-0.2, -0.15) is 0 Å². The van der Waals surface area contributed by atoms with Crippen molar-refractivity contribution in [2.24, 2.45) is 5.92 Å². The summed E-state index contributed by atoms with van der Waals surface area (Å²) in [6.07, 6.45) is 5.08. The molecule has 1 aromatic carbocycles. The molecule has 116 valence electrons. The Morgan fingerprint density at radius 2 is 2.00 bits per heavy atom. The van der Waals surface area contributed by atoms with Crippen LogP contribution in [0.5, 0.6) is 5.75 Å². The molecule has 2 rings (SSSR count). The Hall–Kier alpha value is -1.04. The van der Waals surface area contributed by atoms with E-state index < -0.39 is 7.12 Å². The van der Waals surface area contributed by atoms with Crippen molar-refractivity contribution in [3.63, 3.8) is 0 Å². The highest BCUT2D eigenvalue weighted by molar-refractivity contribution is 6.59. The maximum absolute atomic E-state index is 9.51. The maximum atomic E-state index is 9.51. The molecule has 0 atom stereocenters. The molecule has 0 aromatic heterocycles. The van der Waals surface area contributed by atoms with E-state index in [-0.39, 0.29) is 0 Å². The van der Waals surface area contributed by atoms with E-state index in [4.69, 9.17) is 4.74 Å². The van der Waals surface area contributed by atoms with Gasteiger partial charge in [-0.15, -0.1) is 0 Å². The number of methoxy groups -OCH3 is 1. The largest absolute Gasteiger partial charge is 0.497 e. The molecule has 0 radical (unpaired) electrons. The minimum atomic E-state index is -1.43. The number of benzene rings is 1. The Morgan fingerprint density at radius 3 is 2.57 bits per heavy atom. The van der Waals surface area contributed by atoms with Crippen LogP contribution in [0.25, 0.3) is 0 Å². The van der Waals surface area contributed by atoms with Crippen molar-refractivity contribution in [3.05, 3.63) is 23.8 Å². The van der Waals surface area contributed by atoms with Gasteiger partial charge in [0.2, 0.25) is 0 Å². The Morgan fingerprint density at radius 1 is 1.29 bits per heavy atom. The number of rotatable bonds is 6. The van der Waals surface area contributed by atoms with Gasteiger partial charge in [0.1, 0.15) is 5.75 Å². The van der Waals surface area contributed by atoms with E-state index in [1.165, 1.54) is 25.7 Å². The summed E-state index contributed by atoms with van der Waals surface area (Å²) >= 11 is 0. The van der Waals surface area contributed by atoms with Crippen molar-refractivity contribution in [2.45, 2.75) is 39.2 Å². The van der Waals surface area contributed by atoms with Gasteiger partial charge in [-0.3, -0.25) is 4.90 Å². The van der Waals surface area contributed by atoms with Crippen molar-refractivity contribution < 1.29 is 14.8 Å². The van der Waals surface area contributed by atoms with E-state index in [0.717, 1.165) is 36.9 Å². The SMILES string of the molecule is CCCC1CCN(Cc2cc(OC)ccc2B(O)O)CC1. The quantitative estimate of drug-likeness (QED) is 0.778. The van der Waals surface area contributed by atoms with Gasteiger partial charge in [0.15, 0.2) is 0 Å². The minimum Gasteiger partial charge on any atom is -0.497 e. The lowest BCUT2D eigenvalue weighted by Gasteiger charge is -2.32. The monoisotopic (exact) mass is 291 g/mol. The van der Waals surface area contributed by atoms with E-state index >= 15 is 0 Å². The Labute approximate surface area is 127 Å². The van der Waals surface area contributed by atoms with Crippen LogP contribution in [0.2, 0.25) is 0 Å². The molecular formula is C16H26BNO3. The zero-order chi connectivity index (χ0) is 15.2. The summed E-state index contributed by atoms with van der Waals surface area (Å²) in [6, 6.07) is 5.42. The summed E-state index contributed by atoms with van der Waals surface area (Å²) in [5.41, 5.74) is 1.52. The fourth-order valence-corrected chi connectivity index (χ4v) is 3.18. The zero-order valence-electron chi connectivity index (χ0n) is 13.1. The molecule has 0 aliphatic carbocycles. The molecular weight excluding hydrogens is 265 g/mol. The van der Waals surface area contributed by atoms with E-state index in [0.29, 0.717) is 5.46 Å². The Kier molecular flexibility index (Phi) is 6.09. The number of hydrogen-bond acceptors (Lipinski definition) is 4. The fraction of sp³-hybridized carbons (Fsp3) is 0.625. The second kappa shape index (κ2) is 7.83. The van der Waals surface area contributed by atoms with Gasteiger partial charge in [-0.05, 0) is 55.0 Å². The van der Waals surface area contributed by atoms with Crippen LogP contribution >= 0.6 is 0 Å². The van der Waals surface area contributed by atoms with E-state index in [1.807, 2.05) is 6.07 Å². The summed E-state index contributed by atoms with van der Waals surface area (Å²) in [7, 11) is 0.202. The zero-order valence-corrected chi connectivity index (χ0v) is 13.1. The predicted octanol–water partition coefficient (Wildman–Crippen LogP) is 1.39. The van der Waals surface area contributed by atoms with Gasteiger partial charge in [-0.1, -0.05) is 25.8 Å². The lowest BCUT2D eigenvalue weighted by Crippen LogP contribution is -2.38. The van der Waals surface area contributed by atoms with Gasteiger partial charge >= 0.3 is 7.12 Å². The molecule has 2 N–H and O–H groups in total. The molecule has 21 heavy (non-hydrogen) atoms. The van der Waals surface area contributed by atoms with Crippen molar-refractivity contribution in [1.82, 2.24) is 4.90 Å². The second-order valence-electron chi connectivity index (χ2n) is 5.95. The average molecular weight is 291 g/mol. The van der Waals surface area contributed by atoms with Gasteiger partial charge in [0.05, 0.1) is 7.11 Å². The highest BCUT2D eigenvalue weighted by Crippen LogP contribution is 2.23. The first-order valence-electron chi connectivity index (χ1n) is 7.89. The molecule has 1 aliphatic rings. The van der Waals surface area contributed by atoms with Crippen LogP contribution in [-0.4, -0.2) is 42.3 Å². The predicted molar refractivity (Wildman–Crippen MR) is 85.7 cm³/mol. The second-order valence-corrected chi connectivity index (χ2v) is 5.95. The summed E-state index contributed by atoms with van der Waals surface area (Å²) in [4.78, 5) is 2.40. The molecule has 0 unspecified atom stereocenters. The molecule has 1 aromatic rings. The third kappa shape index (κ3) is 4.46. The van der Waals surface area contributed by atoms with Crippen molar-refractivity contribution in [1.29, 1.82) is 0 Å². The molecule has 1 saturated heterocycles. The molecule has 1 heterocycles. The van der Waals surface area contributed by atoms with Crippen LogP contribution in [0, 0.1) is 5.92 Å². The van der Waals surface area contributed by atoms with Crippen LogP contribution in [0.15, 0.2) is 18.2 Å². The minimum absolute atomic E-state index is 0.575. The molecule has 0 amide bonds. The lowest BCUT2D eigenvalue weighted by atomic mass is 9.76. The summed E-state index contributed by atoms with van der Waals surface area (Å²) in [5.74, 6) is 1.62. The molecule has 1 fully saturated rings. The van der Waals surface area contributed by atoms with Gasteiger partial charge in [0.25, 0.3) is 0 Å². The van der Waals surface area contributed by atoms with E-state index in [1.54, 1.807) is 19.2 Å². The van der Waals surface area contributed by atoms with Crippen LogP contribution in [-0.2, 0) is 6.54 Å².